The fraction of sp³-hybridized carbons (Fsp3) is 0.611. The summed E-state index contributed by atoms with van der Waals surface area (Å²) in [5.74, 6) is 0.890. The van der Waals surface area contributed by atoms with Crippen LogP contribution in [-0.2, 0) is 6.42 Å². The number of urea groups is 1. The van der Waals surface area contributed by atoms with Crippen molar-refractivity contribution in [3.8, 4) is 5.75 Å². The van der Waals surface area contributed by atoms with Crippen molar-refractivity contribution in [2.75, 3.05) is 32.8 Å². The van der Waals surface area contributed by atoms with Gasteiger partial charge in [-0.3, -0.25) is 0 Å². The second-order valence-corrected chi connectivity index (χ2v) is 6.48. The van der Waals surface area contributed by atoms with Crippen molar-refractivity contribution in [3.05, 3.63) is 29.8 Å². The zero-order chi connectivity index (χ0) is 16.7. The summed E-state index contributed by atoms with van der Waals surface area (Å²) in [5.41, 5.74) is 1.08. The van der Waals surface area contributed by atoms with E-state index in [1.165, 1.54) is 0 Å². The van der Waals surface area contributed by atoms with Crippen molar-refractivity contribution < 1.29 is 14.6 Å². The van der Waals surface area contributed by atoms with Crippen molar-refractivity contribution in [3.63, 3.8) is 0 Å². The first-order valence-electron chi connectivity index (χ1n) is 8.42. The van der Waals surface area contributed by atoms with Gasteiger partial charge in [-0.1, -0.05) is 25.1 Å². The van der Waals surface area contributed by atoms with Gasteiger partial charge < -0.3 is 20.1 Å². The minimum Gasteiger partial charge on any atom is -0.494 e. The number of piperidine rings is 1. The molecular weight excluding hydrogens is 292 g/mol. The number of carbonyl (C=O) groups excluding carboxylic acids is 1. The van der Waals surface area contributed by atoms with E-state index in [2.05, 4.69) is 12.2 Å². The number of hydrogen-bond donors (Lipinski definition) is 2. The van der Waals surface area contributed by atoms with Crippen LogP contribution in [0.4, 0.5) is 4.79 Å². The first-order chi connectivity index (χ1) is 11.1. The third-order valence-electron chi connectivity index (χ3n) is 4.58. The van der Waals surface area contributed by atoms with Crippen molar-refractivity contribution in [1.29, 1.82) is 0 Å². The number of amides is 2. The lowest BCUT2D eigenvalue weighted by Crippen LogP contribution is -2.47. The van der Waals surface area contributed by atoms with Crippen LogP contribution in [-0.4, -0.2) is 48.9 Å². The molecule has 2 amide bonds. The normalized spacial score (nSPS) is 16.9. The molecule has 5 heteroatoms. The van der Waals surface area contributed by atoms with Crippen molar-refractivity contribution in [2.24, 2.45) is 5.41 Å². The summed E-state index contributed by atoms with van der Waals surface area (Å²) in [4.78, 5) is 14.1. The minimum absolute atomic E-state index is 0.0149. The molecule has 0 radical (unpaired) electrons. The molecule has 1 aliphatic heterocycles. The highest BCUT2D eigenvalue weighted by Crippen LogP contribution is 2.29. The number of rotatable bonds is 6. The molecule has 1 aromatic rings. The second-order valence-electron chi connectivity index (χ2n) is 6.48. The summed E-state index contributed by atoms with van der Waals surface area (Å²) in [7, 11) is 0. The molecule has 0 saturated carbocycles. The quantitative estimate of drug-likeness (QED) is 0.846. The fourth-order valence-electron chi connectivity index (χ4n) is 2.83. The van der Waals surface area contributed by atoms with Crippen LogP contribution in [0.2, 0.25) is 0 Å². The highest BCUT2D eigenvalue weighted by Gasteiger charge is 2.31. The summed E-state index contributed by atoms with van der Waals surface area (Å²) >= 11 is 0. The molecule has 128 valence electrons. The molecule has 23 heavy (non-hydrogen) atoms. The van der Waals surface area contributed by atoms with E-state index in [4.69, 9.17) is 4.74 Å². The number of para-hydroxylation sites is 1. The summed E-state index contributed by atoms with van der Waals surface area (Å²) in [6.45, 7) is 6.88. The van der Waals surface area contributed by atoms with Crippen LogP contribution >= 0.6 is 0 Å². The van der Waals surface area contributed by atoms with E-state index in [1.807, 2.05) is 36.1 Å². The molecule has 2 N–H and O–H groups in total. The third-order valence-corrected chi connectivity index (χ3v) is 4.58. The van der Waals surface area contributed by atoms with Gasteiger partial charge in [0.05, 0.1) is 6.61 Å². The molecule has 1 fully saturated rings. The third kappa shape index (κ3) is 4.86. The zero-order valence-electron chi connectivity index (χ0n) is 14.2. The summed E-state index contributed by atoms with van der Waals surface area (Å²) < 4.78 is 5.60. The van der Waals surface area contributed by atoms with Gasteiger partial charge in [0, 0.05) is 26.2 Å². The summed E-state index contributed by atoms with van der Waals surface area (Å²) in [5, 5.41) is 12.4. The number of benzene rings is 1. The maximum absolute atomic E-state index is 12.2. The van der Waals surface area contributed by atoms with Crippen LogP contribution in [0, 0.1) is 5.41 Å². The lowest BCUT2D eigenvalue weighted by atomic mass is 9.81. The Morgan fingerprint density at radius 3 is 2.70 bits per heavy atom. The Morgan fingerprint density at radius 2 is 2.04 bits per heavy atom. The summed E-state index contributed by atoms with van der Waals surface area (Å²) in [6, 6.07) is 7.92. The van der Waals surface area contributed by atoms with Gasteiger partial charge >= 0.3 is 6.03 Å². The van der Waals surface area contributed by atoms with Crippen molar-refractivity contribution in [1.82, 2.24) is 10.2 Å². The van der Waals surface area contributed by atoms with Gasteiger partial charge in [0.25, 0.3) is 0 Å². The first kappa shape index (κ1) is 17.6. The maximum atomic E-state index is 12.2. The Balaban J connectivity index is 1.77. The van der Waals surface area contributed by atoms with E-state index < -0.39 is 0 Å². The minimum atomic E-state index is -0.0345. The number of likely N-dealkylation sites (tertiary alicyclic amines) is 1. The fourth-order valence-corrected chi connectivity index (χ4v) is 2.83. The molecular formula is C18H28N2O3. The average molecular weight is 320 g/mol. The Bertz CT molecular complexity index is 511. The molecule has 0 unspecified atom stereocenters. The van der Waals surface area contributed by atoms with Gasteiger partial charge in [-0.2, -0.15) is 0 Å². The monoisotopic (exact) mass is 320 g/mol. The number of carbonyl (C=O) groups is 1. The van der Waals surface area contributed by atoms with Gasteiger partial charge in [0.2, 0.25) is 0 Å². The van der Waals surface area contributed by atoms with Crippen LogP contribution < -0.4 is 10.1 Å². The Labute approximate surface area is 138 Å². The molecule has 0 aliphatic carbocycles. The van der Waals surface area contributed by atoms with E-state index in [9.17, 15) is 9.90 Å². The highest BCUT2D eigenvalue weighted by atomic mass is 16.5. The molecule has 1 aromatic carbocycles. The van der Waals surface area contributed by atoms with Crippen LogP contribution in [0.5, 0.6) is 5.75 Å². The SMILES string of the molecule is CCOc1ccccc1CCNC(=O)N1CCC(C)(CO)CC1. The standard InChI is InChI=1S/C18H28N2O3/c1-3-23-16-7-5-4-6-15(16)8-11-19-17(22)20-12-9-18(2,14-21)10-13-20/h4-7,21H,3,8-14H2,1-2H3,(H,19,22). The van der Waals surface area contributed by atoms with Gasteiger partial charge in [-0.15, -0.1) is 0 Å². The average Bonchev–Trinajstić information content (AvgIpc) is 2.57. The lowest BCUT2D eigenvalue weighted by molar-refractivity contribution is 0.0701. The summed E-state index contributed by atoms with van der Waals surface area (Å²) in [6.07, 6.45) is 2.46. The topological polar surface area (TPSA) is 61.8 Å². The molecule has 0 atom stereocenters. The van der Waals surface area contributed by atoms with Gasteiger partial charge in [-0.05, 0) is 43.2 Å². The van der Waals surface area contributed by atoms with Crippen LogP contribution in [0.3, 0.4) is 0 Å². The maximum Gasteiger partial charge on any atom is 0.317 e. The molecule has 0 spiro atoms. The molecule has 1 saturated heterocycles. The number of hydrogen-bond acceptors (Lipinski definition) is 3. The van der Waals surface area contributed by atoms with Gasteiger partial charge in [0.15, 0.2) is 0 Å². The zero-order valence-corrected chi connectivity index (χ0v) is 14.2. The van der Waals surface area contributed by atoms with Crippen LogP contribution in [0.25, 0.3) is 0 Å². The van der Waals surface area contributed by atoms with Gasteiger partial charge in [-0.25, -0.2) is 4.79 Å². The van der Waals surface area contributed by atoms with E-state index in [0.717, 1.165) is 30.6 Å². The number of nitrogens with one attached hydrogen (secondary N) is 1. The largest absolute Gasteiger partial charge is 0.494 e. The lowest BCUT2D eigenvalue weighted by Gasteiger charge is -2.38. The molecule has 5 nitrogen and oxygen atoms in total. The molecule has 1 heterocycles. The van der Waals surface area contributed by atoms with Crippen molar-refractivity contribution in [2.45, 2.75) is 33.1 Å². The van der Waals surface area contributed by atoms with Gasteiger partial charge in [0.1, 0.15) is 5.75 Å². The number of nitrogens with zero attached hydrogens (tertiary/aromatic N) is 1. The predicted octanol–water partition coefficient (Wildman–Crippen LogP) is 2.43. The van der Waals surface area contributed by atoms with E-state index in [1.54, 1.807) is 0 Å². The Kier molecular flexibility index (Phi) is 6.28. The Morgan fingerprint density at radius 1 is 1.35 bits per heavy atom. The molecule has 0 aromatic heterocycles. The first-order valence-corrected chi connectivity index (χ1v) is 8.42. The number of aliphatic hydroxyl groups is 1. The van der Waals surface area contributed by atoms with Crippen molar-refractivity contribution >= 4 is 6.03 Å². The number of aliphatic hydroxyl groups excluding tert-OH is 1. The second kappa shape index (κ2) is 8.20. The molecule has 0 bridgehead atoms. The van der Waals surface area contributed by atoms with Crippen LogP contribution in [0.15, 0.2) is 24.3 Å². The molecule has 1 aliphatic rings. The van der Waals surface area contributed by atoms with E-state index in [-0.39, 0.29) is 18.1 Å². The predicted molar refractivity (Wildman–Crippen MR) is 90.7 cm³/mol. The highest BCUT2D eigenvalue weighted by molar-refractivity contribution is 5.74. The number of ether oxygens (including phenoxy) is 1. The van der Waals surface area contributed by atoms with E-state index in [0.29, 0.717) is 26.2 Å². The van der Waals surface area contributed by atoms with Crippen LogP contribution in [0.1, 0.15) is 32.3 Å². The Hall–Kier alpha value is -1.75. The smallest absolute Gasteiger partial charge is 0.317 e. The van der Waals surface area contributed by atoms with E-state index >= 15 is 0 Å². The molecule has 2 rings (SSSR count).